The van der Waals surface area contributed by atoms with E-state index in [-0.39, 0.29) is 30.9 Å². The van der Waals surface area contributed by atoms with E-state index in [0.717, 1.165) is 11.1 Å². The molecule has 4 rings (SSSR count). The summed E-state index contributed by atoms with van der Waals surface area (Å²) in [5.74, 6) is 0.680. The molecule has 1 aromatic heterocycles. The minimum atomic E-state index is -0.626. The summed E-state index contributed by atoms with van der Waals surface area (Å²) in [5.41, 5.74) is 1.87. The Balaban J connectivity index is 1.47. The lowest BCUT2D eigenvalue weighted by Crippen LogP contribution is -2.56. The fourth-order valence-electron chi connectivity index (χ4n) is 4.50. The van der Waals surface area contributed by atoms with Gasteiger partial charge >= 0.3 is 12.2 Å². The molecule has 2 aliphatic rings. The van der Waals surface area contributed by atoms with Crippen LogP contribution in [0.25, 0.3) is 0 Å². The number of benzene rings is 1. The lowest BCUT2D eigenvalue weighted by Gasteiger charge is -2.42. The number of hydrogen-bond acceptors (Lipinski definition) is 8. The first-order chi connectivity index (χ1) is 17.6. The number of carbonyl (C=O) groups excluding carboxylic acids is 2. The number of halogens is 1. The van der Waals surface area contributed by atoms with Crippen LogP contribution in [-0.2, 0) is 29.0 Å². The summed E-state index contributed by atoms with van der Waals surface area (Å²) >= 11 is 6.30. The first kappa shape index (κ1) is 26.5. The summed E-state index contributed by atoms with van der Waals surface area (Å²) in [6.07, 6.45) is -0.138. The smallest absolute Gasteiger partial charge is 0.410 e. The van der Waals surface area contributed by atoms with Crippen molar-refractivity contribution in [3.63, 3.8) is 0 Å². The van der Waals surface area contributed by atoms with Crippen LogP contribution in [0.1, 0.15) is 44.0 Å². The monoisotopic (exact) mass is 526 g/mol. The molecule has 0 radical (unpaired) electrons. The summed E-state index contributed by atoms with van der Waals surface area (Å²) in [7, 11) is 0. The largest absolute Gasteiger partial charge is 0.445 e. The Bertz CT molecular complexity index is 1180. The van der Waals surface area contributed by atoms with E-state index >= 15 is 0 Å². The van der Waals surface area contributed by atoms with Crippen LogP contribution in [0, 0.1) is 11.3 Å². The van der Waals surface area contributed by atoms with E-state index in [1.807, 2.05) is 56.0 Å². The number of nitrogens with zero attached hydrogens (tertiary/aromatic N) is 6. The second kappa shape index (κ2) is 11.2. The summed E-state index contributed by atoms with van der Waals surface area (Å²) < 4.78 is 11.0. The molecule has 1 fully saturated rings. The predicted octanol–water partition coefficient (Wildman–Crippen LogP) is 4.16. The second-order valence-corrected chi connectivity index (χ2v) is 10.4. The fraction of sp³-hybridized carbons (Fsp3) is 0.500. The molecule has 2 aromatic rings. The molecule has 196 valence electrons. The first-order valence-electron chi connectivity index (χ1n) is 12.3. The van der Waals surface area contributed by atoms with E-state index in [0.29, 0.717) is 44.1 Å². The predicted molar refractivity (Wildman–Crippen MR) is 137 cm³/mol. The van der Waals surface area contributed by atoms with Gasteiger partial charge < -0.3 is 24.2 Å². The zero-order valence-corrected chi connectivity index (χ0v) is 22.1. The van der Waals surface area contributed by atoms with Gasteiger partial charge in [-0.3, -0.25) is 0 Å². The third-order valence-corrected chi connectivity index (χ3v) is 6.39. The number of piperazine rings is 1. The van der Waals surface area contributed by atoms with E-state index in [1.165, 1.54) is 0 Å². The Morgan fingerprint density at radius 3 is 2.59 bits per heavy atom. The topological polar surface area (TPSA) is 112 Å². The van der Waals surface area contributed by atoms with Crippen molar-refractivity contribution >= 4 is 29.6 Å². The Morgan fingerprint density at radius 2 is 1.89 bits per heavy atom. The van der Waals surface area contributed by atoms with Gasteiger partial charge in [0, 0.05) is 31.7 Å². The molecule has 10 nitrogen and oxygen atoms in total. The standard InChI is InChI=1S/C26H31ClN6O4/c1-26(2,3)37-25(35)33-14-13-31(15-19(33)9-11-28)22-20-10-12-32(16-21(20)29-23(27)30-22)24(34)36-17-18-7-5-4-6-8-18/h4-8,19H,9-10,12-17H2,1-3H3/t19-/m0/s1. The van der Waals surface area contributed by atoms with Gasteiger partial charge in [0.1, 0.15) is 18.0 Å². The zero-order chi connectivity index (χ0) is 26.6. The molecule has 2 aliphatic heterocycles. The maximum absolute atomic E-state index is 12.8. The molecular weight excluding hydrogens is 496 g/mol. The number of aromatic nitrogens is 2. The van der Waals surface area contributed by atoms with Crippen LogP contribution in [0.5, 0.6) is 0 Å². The van der Waals surface area contributed by atoms with Crippen molar-refractivity contribution in [3.05, 3.63) is 52.4 Å². The second-order valence-electron chi connectivity index (χ2n) is 10.1. The minimum absolute atomic E-state index is 0.0830. The van der Waals surface area contributed by atoms with Gasteiger partial charge in [0.05, 0.1) is 30.8 Å². The molecule has 0 unspecified atom stereocenters. The van der Waals surface area contributed by atoms with Gasteiger partial charge in [-0.1, -0.05) is 30.3 Å². The van der Waals surface area contributed by atoms with Crippen molar-refractivity contribution in [1.29, 1.82) is 5.26 Å². The van der Waals surface area contributed by atoms with Crippen LogP contribution in [0.15, 0.2) is 30.3 Å². The highest BCUT2D eigenvalue weighted by Gasteiger charge is 2.36. The molecule has 11 heteroatoms. The molecule has 1 saturated heterocycles. The fourth-order valence-corrected chi connectivity index (χ4v) is 4.68. The van der Waals surface area contributed by atoms with Crippen molar-refractivity contribution in [2.45, 2.75) is 58.4 Å². The molecular formula is C26H31ClN6O4. The van der Waals surface area contributed by atoms with Crippen molar-refractivity contribution in [1.82, 2.24) is 19.8 Å². The maximum Gasteiger partial charge on any atom is 0.410 e. The third-order valence-electron chi connectivity index (χ3n) is 6.22. The average Bonchev–Trinajstić information content (AvgIpc) is 2.86. The lowest BCUT2D eigenvalue weighted by molar-refractivity contribution is 0.0144. The van der Waals surface area contributed by atoms with Gasteiger partial charge in [-0.2, -0.15) is 5.26 Å². The Labute approximate surface area is 221 Å². The summed E-state index contributed by atoms with van der Waals surface area (Å²) in [6, 6.07) is 11.3. The van der Waals surface area contributed by atoms with E-state index < -0.39 is 17.8 Å². The van der Waals surface area contributed by atoms with E-state index in [2.05, 4.69) is 16.0 Å². The number of nitriles is 1. The van der Waals surface area contributed by atoms with Gasteiger partial charge in [-0.15, -0.1) is 0 Å². The van der Waals surface area contributed by atoms with Crippen molar-refractivity contribution in [2.24, 2.45) is 0 Å². The third kappa shape index (κ3) is 6.60. The Morgan fingerprint density at radius 1 is 1.14 bits per heavy atom. The Kier molecular flexibility index (Phi) is 8.03. The van der Waals surface area contributed by atoms with Crippen molar-refractivity contribution in [2.75, 3.05) is 31.1 Å². The molecule has 1 atom stereocenters. The molecule has 0 aliphatic carbocycles. The highest BCUT2D eigenvalue weighted by Crippen LogP contribution is 2.30. The van der Waals surface area contributed by atoms with Crippen LogP contribution in [0.2, 0.25) is 5.28 Å². The van der Waals surface area contributed by atoms with Gasteiger partial charge in [-0.05, 0) is 44.4 Å². The quantitative estimate of drug-likeness (QED) is 0.546. The molecule has 37 heavy (non-hydrogen) atoms. The Hall–Kier alpha value is -3.58. The van der Waals surface area contributed by atoms with E-state index in [9.17, 15) is 14.9 Å². The average molecular weight is 527 g/mol. The van der Waals surface area contributed by atoms with Crippen molar-refractivity contribution in [3.8, 4) is 6.07 Å². The number of ether oxygens (including phenoxy) is 2. The van der Waals surface area contributed by atoms with Crippen molar-refractivity contribution < 1.29 is 19.1 Å². The van der Waals surface area contributed by atoms with Gasteiger partial charge in [-0.25, -0.2) is 19.6 Å². The summed E-state index contributed by atoms with van der Waals surface area (Å²) in [5, 5.41) is 9.48. The molecule has 0 bridgehead atoms. The summed E-state index contributed by atoms with van der Waals surface area (Å²) in [4.78, 5) is 39.6. The molecule has 0 N–H and O–H groups in total. The molecule has 1 aromatic carbocycles. The van der Waals surface area contributed by atoms with Crippen LogP contribution >= 0.6 is 11.6 Å². The number of rotatable bonds is 4. The number of carbonyl (C=O) groups is 2. The van der Waals surface area contributed by atoms with Crippen LogP contribution in [0.3, 0.4) is 0 Å². The number of fused-ring (bicyclic) bond motifs is 1. The summed E-state index contributed by atoms with van der Waals surface area (Å²) in [6.45, 7) is 7.66. The maximum atomic E-state index is 12.8. The van der Waals surface area contributed by atoms with E-state index in [4.69, 9.17) is 21.1 Å². The van der Waals surface area contributed by atoms with Gasteiger partial charge in [0.15, 0.2) is 0 Å². The lowest BCUT2D eigenvalue weighted by atomic mass is 10.0. The van der Waals surface area contributed by atoms with Crippen LogP contribution in [-0.4, -0.2) is 69.8 Å². The molecule has 0 spiro atoms. The SMILES string of the molecule is CC(C)(C)OC(=O)N1CCN(c2nc(Cl)nc3c2CCN(C(=O)OCc2ccccc2)C3)C[C@@H]1CC#N. The highest BCUT2D eigenvalue weighted by molar-refractivity contribution is 6.28. The van der Waals surface area contributed by atoms with Gasteiger partial charge in [0.25, 0.3) is 0 Å². The van der Waals surface area contributed by atoms with E-state index in [1.54, 1.807) is 9.80 Å². The molecule has 2 amide bonds. The van der Waals surface area contributed by atoms with Crippen LogP contribution in [0.4, 0.5) is 15.4 Å². The first-order valence-corrected chi connectivity index (χ1v) is 12.6. The zero-order valence-electron chi connectivity index (χ0n) is 21.3. The number of hydrogen-bond donors (Lipinski definition) is 0. The number of anilines is 1. The van der Waals surface area contributed by atoms with Crippen LogP contribution < -0.4 is 4.90 Å². The number of amides is 2. The highest BCUT2D eigenvalue weighted by atomic mass is 35.5. The normalized spacial score (nSPS) is 17.6. The molecule has 0 saturated carbocycles. The molecule has 3 heterocycles. The minimum Gasteiger partial charge on any atom is -0.445 e. The van der Waals surface area contributed by atoms with Gasteiger partial charge in [0.2, 0.25) is 5.28 Å².